The van der Waals surface area contributed by atoms with Gasteiger partial charge in [0.25, 0.3) is 0 Å². The summed E-state index contributed by atoms with van der Waals surface area (Å²) in [5, 5.41) is 22.2. The molecule has 0 saturated heterocycles. The van der Waals surface area contributed by atoms with Crippen LogP contribution in [-0.2, 0) is 0 Å². The lowest BCUT2D eigenvalue weighted by molar-refractivity contribution is 0.00567. The summed E-state index contributed by atoms with van der Waals surface area (Å²) in [5.74, 6) is 0.261. The quantitative estimate of drug-likeness (QED) is 0.846. The van der Waals surface area contributed by atoms with Gasteiger partial charge in [-0.2, -0.15) is 0 Å². The number of aromatic nitrogens is 1. The average molecular weight is 229 g/mol. The number of benzene rings is 1. The SMILES string of the molecule is OC(c1cccc2ccncc12)C(O)C1CC1. The van der Waals surface area contributed by atoms with E-state index < -0.39 is 12.2 Å². The second kappa shape index (κ2) is 4.09. The number of aliphatic hydroxyl groups excluding tert-OH is 2. The van der Waals surface area contributed by atoms with Gasteiger partial charge in [-0.1, -0.05) is 18.2 Å². The van der Waals surface area contributed by atoms with Crippen LogP contribution in [0.2, 0.25) is 0 Å². The number of rotatable bonds is 3. The fourth-order valence-electron chi connectivity index (χ4n) is 2.27. The van der Waals surface area contributed by atoms with Crippen molar-refractivity contribution in [2.24, 2.45) is 5.92 Å². The summed E-state index contributed by atoms with van der Waals surface area (Å²) < 4.78 is 0. The minimum absolute atomic E-state index is 0.261. The van der Waals surface area contributed by atoms with E-state index in [1.165, 1.54) is 0 Å². The van der Waals surface area contributed by atoms with Crippen LogP contribution in [-0.4, -0.2) is 21.3 Å². The number of aliphatic hydroxyl groups is 2. The van der Waals surface area contributed by atoms with Crippen LogP contribution in [0.5, 0.6) is 0 Å². The largest absolute Gasteiger partial charge is 0.390 e. The zero-order valence-electron chi connectivity index (χ0n) is 9.45. The molecule has 1 aliphatic carbocycles. The molecule has 88 valence electrons. The maximum atomic E-state index is 10.2. The summed E-state index contributed by atoms with van der Waals surface area (Å²) in [4.78, 5) is 4.08. The Kier molecular flexibility index (Phi) is 2.57. The maximum absolute atomic E-state index is 10.2. The summed E-state index contributed by atoms with van der Waals surface area (Å²) in [6.45, 7) is 0. The smallest absolute Gasteiger partial charge is 0.106 e. The van der Waals surface area contributed by atoms with E-state index in [9.17, 15) is 10.2 Å². The second-order valence-electron chi connectivity index (χ2n) is 4.72. The first-order valence-electron chi connectivity index (χ1n) is 5.96. The molecule has 1 aliphatic rings. The van der Waals surface area contributed by atoms with E-state index in [2.05, 4.69) is 4.98 Å². The van der Waals surface area contributed by atoms with Gasteiger partial charge in [-0.3, -0.25) is 4.98 Å². The van der Waals surface area contributed by atoms with Gasteiger partial charge in [-0.05, 0) is 35.8 Å². The Morgan fingerprint density at radius 2 is 2.00 bits per heavy atom. The van der Waals surface area contributed by atoms with Gasteiger partial charge in [0.05, 0.1) is 6.10 Å². The lowest BCUT2D eigenvalue weighted by atomic mass is 9.97. The molecular weight excluding hydrogens is 214 g/mol. The fourth-order valence-corrected chi connectivity index (χ4v) is 2.27. The first-order chi connectivity index (χ1) is 8.27. The Morgan fingerprint density at radius 1 is 1.18 bits per heavy atom. The molecule has 1 fully saturated rings. The second-order valence-corrected chi connectivity index (χ2v) is 4.72. The Hall–Kier alpha value is -1.45. The summed E-state index contributed by atoms with van der Waals surface area (Å²) in [6, 6.07) is 7.66. The summed E-state index contributed by atoms with van der Waals surface area (Å²) in [6.07, 6.45) is 4.04. The minimum Gasteiger partial charge on any atom is -0.390 e. The molecule has 2 atom stereocenters. The van der Waals surface area contributed by atoms with E-state index in [0.29, 0.717) is 0 Å². The number of hydrogen-bond donors (Lipinski definition) is 2. The third-order valence-corrected chi connectivity index (χ3v) is 3.46. The van der Waals surface area contributed by atoms with Crippen LogP contribution < -0.4 is 0 Å². The van der Waals surface area contributed by atoms with Crippen LogP contribution in [0.4, 0.5) is 0 Å². The monoisotopic (exact) mass is 229 g/mol. The van der Waals surface area contributed by atoms with Crippen LogP contribution in [0.1, 0.15) is 24.5 Å². The van der Waals surface area contributed by atoms with Crippen LogP contribution in [0, 0.1) is 5.92 Å². The molecule has 17 heavy (non-hydrogen) atoms. The Morgan fingerprint density at radius 3 is 2.76 bits per heavy atom. The van der Waals surface area contributed by atoms with Gasteiger partial charge in [0.1, 0.15) is 6.10 Å². The van der Waals surface area contributed by atoms with Crippen molar-refractivity contribution in [3.05, 3.63) is 42.2 Å². The molecule has 0 aliphatic heterocycles. The van der Waals surface area contributed by atoms with Crippen molar-refractivity contribution in [2.45, 2.75) is 25.0 Å². The van der Waals surface area contributed by atoms with Crippen molar-refractivity contribution in [1.82, 2.24) is 4.98 Å². The maximum Gasteiger partial charge on any atom is 0.106 e. The van der Waals surface area contributed by atoms with E-state index in [0.717, 1.165) is 29.2 Å². The molecule has 0 spiro atoms. The molecule has 0 bridgehead atoms. The summed E-state index contributed by atoms with van der Waals surface area (Å²) in [5.41, 5.74) is 0.773. The fraction of sp³-hybridized carbons (Fsp3) is 0.357. The molecular formula is C14H15NO2. The Labute approximate surface area is 99.7 Å². The van der Waals surface area contributed by atoms with Gasteiger partial charge in [-0.15, -0.1) is 0 Å². The molecule has 1 heterocycles. The van der Waals surface area contributed by atoms with Gasteiger partial charge in [0.15, 0.2) is 0 Å². The predicted octanol–water partition coefficient (Wildman–Crippen LogP) is 2.04. The van der Waals surface area contributed by atoms with Gasteiger partial charge in [0, 0.05) is 17.8 Å². The van der Waals surface area contributed by atoms with Crippen LogP contribution in [0.3, 0.4) is 0 Å². The Bertz CT molecular complexity index is 531. The third-order valence-electron chi connectivity index (χ3n) is 3.46. The molecule has 2 unspecified atom stereocenters. The molecule has 1 aromatic carbocycles. The highest BCUT2D eigenvalue weighted by Crippen LogP contribution is 2.39. The number of pyridine rings is 1. The number of nitrogens with zero attached hydrogens (tertiary/aromatic N) is 1. The molecule has 0 radical (unpaired) electrons. The van der Waals surface area contributed by atoms with Crippen molar-refractivity contribution in [1.29, 1.82) is 0 Å². The highest BCUT2D eigenvalue weighted by Gasteiger charge is 2.35. The summed E-state index contributed by atoms with van der Waals surface area (Å²) >= 11 is 0. The normalized spacial score (nSPS) is 19.2. The van der Waals surface area contributed by atoms with E-state index in [1.807, 2.05) is 24.3 Å². The van der Waals surface area contributed by atoms with E-state index >= 15 is 0 Å². The van der Waals surface area contributed by atoms with Crippen molar-refractivity contribution >= 4 is 10.8 Å². The average Bonchev–Trinajstić information content (AvgIpc) is 3.20. The molecule has 0 amide bonds. The minimum atomic E-state index is -0.810. The van der Waals surface area contributed by atoms with Gasteiger partial charge in [-0.25, -0.2) is 0 Å². The van der Waals surface area contributed by atoms with Crippen molar-refractivity contribution in [3.8, 4) is 0 Å². The van der Waals surface area contributed by atoms with E-state index in [1.54, 1.807) is 12.4 Å². The number of fused-ring (bicyclic) bond motifs is 1. The van der Waals surface area contributed by atoms with Crippen molar-refractivity contribution < 1.29 is 10.2 Å². The van der Waals surface area contributed by atoms with Crippen molar-refractivity contribution in [3.63, 3.8) is 0 Å². The lowest BCUT2D eigenvalue weighted by Crippen LogP contribution is -2.20. The standard InChI is InChI=1S/C14H15NO2/c16-13(10-4-5-10)14(17)11-3-1-2-9-6-7-15-8-12(9)11/h1-3,6-8,10,13-14,16-17H,4-5H2. The molecule has 3 nitrogen and oxygen atoms in total. The van der Waals surface area contributed by atoms with Crippen LogP contribution in [0.15, 0.2) is 36.7 Å². The van der Waals surface area contributed by atoms with Gasteiger partial charge >= 0.3 is 0 Å². The zero-order valence-corrected chi connectivity index (χ0v) is 9.45. The first-order valence-corrected chi connectivity index (χ1v) is 5.96. The topological polar surface area (TPSA) is 53.4 Å². The lowest BCUT2D eigenvalue weighted by Gasteiger charge is -2.19. The summed E-state index contributed by atoms with van der Waals surface area (Å²) in [7, 11) is 0. The predicted molar refractivity (Wildman–Crippen MR) is 65.4 cm³/mol. The number of hydrogen-bond acceptors (Lipinski definition) is 3. The Balaban J connectivity index is 2.03. The zero-order chi connectivity index (χ0) is 11.8. The van der Waals surface area contributed by atoms with Crippen LogP contribution >= 0.6 is 0 Å². The third kappa shape index (κ3) is 1.92. The van der Waals surface area contributed by atoms with E-state index in [-0.39, 0.29) is 5.92 Å². The highest BCUT2D eigenvalue weighted by molar-refractivity contribution is 5.85. The molecule has 2 N–H and O–H groups in total. The van der Waals surface area contributed by atoms with Crippen molar-refractivity contribution in [2.75, 3.05) is 0 Å². The van der Waals surface area contributed by atoms with E-state index in [4.69, 9.17) is 0 Å². The molecule has 1 saturated carbocycles. The molecule has 3 rings (SSSR count). The van der Waals surface area contributed by atoms with Gasteiger partial charge in [0.2, 0.25) is 0 Å². The molecule has 2 aromatic rings. The van der Waals surface area contributed by atoms with Crippen LogP contribution in [0.25, 0.3) is 10.8 Å². The molecule has 3 heteroatoms. The van der Waals surface area contributed by atoms with Gasteiger partial charge < -0.3 is 10.2 Å². The highest BCUT2D eigenvalue weighted by atomic mass is 16.3. The molecule has 1 aromatic heterocycles. The first kappa shape index (κ1) is 10.7.